The van der Waals surface area contributed by atoms with Crippen LogP contribution in [0.2, 0.25) is 0 Å². The molecule has 0 bridgehead atoms. The smallest absolute Gasteiger partial charge is 0.225 e. The molecule has 1 unspecified atom stereocenters. The lowest BCUT2D eigenvalue weighted by Crippen LogP contribution is -2.45. The SMILES string of the molecule is CCNC(=NCCc1ccsc1)NC1CCN(C(=O)C(C)C)C1.I. The molecule has 2 heterocycles. The summed E-state index contributed by atoms with van der Waals surface area (Å²) in [4.78, 5) is 18.7. The van der Waals surface area contributed by atoms with Gasteiger partial charge in [-0.15, -0.1) is 24.0 Å². The second-order valence-corrected chi connectivity index (χ2v) is 6.99. The monoisotopic (exact) mass is 464 g/mol. The molecular weight excluding hydrogens is 435 g/mol. The van der Waals surface area contributed by atoms with Gasteiger partial charge < -0.3 is 15.5 Å². The number of nitrogens with one attached hydrogen (secondary N) is 2. The molecule has 2 rings (SSSR count). The van der Waals surface area contributed by atoms with E-state index in [1.165, 1.54) is 5.56 Å². The average molecular weight is 464 g/mol. The van der Waals surface area contributed by atoms with E-state index in [2.05, 4.69) is 39.4 Å². The fourth-order valence-corrected chi connectivity index (χ4v) is 3.39. The van der Waals surface area contributed by atoms with Crippen molar-refractivity contribution in [2.45, 2.75) is 39.7 Å². The highest BCUT2D eigenvalue weighted by Gasteiger charge is 2.27. The summed E-state index contributed by atoms with van der Waals surface area (Å²) < 4.78 is 0. The zero-order chi connectivity index (χ0) is 16.7. The van der Waals surface area contributed by atoms with Crippen molar-refractivity contribution in [1.29, 1.82) is 0 Å². The van der Waals surface area contributed by atoms with E-state index in [0.29, 0.717) is 0 Å². The van der Waals surface area contributed by atoms with E-state index in [0.717, 1.165) is 45.0 Å². The minimum absolute atomic E-state index is 0. The van der Waals surface area contributed by atoms with Gasteiger partial charge in [-0.3, -0.25) is 9.79 Å². The van der Waals surface area contributed by atoms with Gasteiger partial charge in [-0.05, 0) is 42.2 Å². The summed E-state index contributed by atoms with van der Waals surface area (Å²) in [5.74, 6) is 1.17. The highest BCUT2D eigenvalue weighted by atomic mass is 127. The summed E-state index contributed by atoms with van der Waals surface area (Å²) >= 11 is 1.72. The van der Waals surface area contributed by atoms with Crippen LogP contribution in [0.4, 0.5) is 0 Å². The number of aliphatic imine (C=N–C) groups is 1. The van der Waals surface area contributed by atoms with Gasteiger partial charge >= 0.3 is 0 Å². The molecule has 0 aliphatic carbocycles. The molecule has 0 aromatic carbocycles. The number of hydrogen-bond donors (Lipinski definition) is 2. The van der Waals surface area contributed by atoms with Crippen LogP contribution in [0.15, 0.2) is 21.8 Å². The third-order valence-corrected chi connectivity index (χ3v) is 4.66. The van der Waals surface area contributed by atoms with Crippen LogP contribution in [0, 0.1) is 5.92 Å². The first-order valence-electron chi connectivity index (χ1n) is 8.44. The van der Waals surface area contributed by atoms with Crippen molar-refractivity contribution in [2.24, 2.45) is 10.9 Å². The van der Waals surface area contributed by atoms with Crippen LogP contribution in [-0.4, -0.2) is 49.0 Å². The molecule has 1 atom stereocenters. The van der Waals surface area contributed by atoms with Crippen LogP contribution in [0.5, 0.6) is 0 Å². The molecule has 1 aliphatic heterocycles. The number of guanidine groups is 1. The number of likely N-dealkylation sites (tertiary alicyclic amines) is 1. The molecule has 0 radical (unpaired) electrons. The molecule has 1 aromatic heterocycles. The number of amides is 1. The molecule has 0 spiro atoms. The third-order valence-electron chi connectivity index (χ3n) is 3.93. The number of rotatable bonds is 6. The van der Waals surface area contributed by atoms with Crippen molar-refractivity contribution in [3.63, 3.8) is 0 Å². The fourth-order valence-electron chi connectivity index (χ4n) is 2.69. The van der Waals surface area contributed by atoms with Crippen LogP contribution < -0.4 is 10.6 Å². The first kappa shape index (κ1) is 21.2. The number of thiophene rings is 1. The van der Waals surface area contributed by atoms with E-state index in [4.69, 9.17) is 0 Å². The van der Waals surface area contributed by atoms with Crippen molar-refractivity contribution >= 4 is 47.2 Å². The topological polar surface area (TPSA) is 56.7 Å². The molecule has 2 N–H and O–H groups in total. The van der Waals surface area contributed by atoms with E-state index in [1.54, 1.807) is 11.3 Å². The Kier molecular flexibility index (Phi) is 9.65. The van der Waals surface area contributed by atoms with Crippen LogP contribution in [-0.2, 0) is 11.2 Å². The summed E-state index contributed by atoms with van der Waals surface area (Å²) in [7, 11) is 0. The molecule has 7 heteroatoms. The van der Waals surface area contributed by atoms with Crippen molar-refractivity contribution in [3.05, 3.63) is 22.4 Å². The Labute approximate surface area is 166 Å². The van der Waals surface area contributed by atoms with Crippen molar-refractivity contribution < 1.29 is 4.79 Å². The first-order chi connectivity index (χ1) is 11.1. The lowest BCUT2D eigenvalue weighted by Gasteiger charge is -2.20. The molecule has 1 fully saturated rings. The van der Waals surface area contributed by atoms with E-state index in [-0.39, 0.29) is 41.8 Å². The van der Waals surface area contributed by atoms with Gasteiger partial charge in [0.05, 0.1) is 0 Å². The minimum Gasteiger partial charge on any atom is -0.357 e. The van der Waals surface area contributed by atoms with Crippen LogP contribution >= 0.6 is 35.3 Å². The minimum atomic E-state index is 0. The largest absolute Gasteiger partial charge is 0.357 e. The summed E-state index contributed by atoms with van der Waals surface area (Å²) in [5, 5.41) is 11.0. The van der Waals surface area contributed by atoms with Crippen molar-refractivity contribution in [2.75, 3.05) is 26.2 Å². The Morgan fingerprint density at radius 2 is 2.29 bits per heavy atom. The highest BCUT2D eigenvalue weighted by Crippen LogP contribution is 2.12. The van der Waals surface area contributed by atoms with Gasteiger partial charge in [-0.1, -0.05) is 13.8 Å². The number of hydrogen-bond acceptors (Lipinski definition) is 3. The summed E-state index contributed by atoms with van der Waals surface area (Å²) in [5.41, 5.74) is 1.34. The quantitative estimate of drug-likeness (QED) is 0.387. The number of nitrogens with zero attached hydrogens (tertiary/aromatic N) is 2. The Hall–Kier alpha value is -0.830. The number of halogens is 1. The van der Waals surface area contributed by atoms with Gasteiger partial charge in [-0.25, -0.2) is 0 Å². The zero-order valence-corrected chi connectivity index (χ0v) is 17.9. The standard InChI is InChI=1S/C17H28N4OS.HI/c1-4-18-17(19-8-5-14-7-10-23-12-14)20-15-6-9-21(11-15)16(22)13(2)3;/h7,10,12-13,15H,4-6,8-9,11H2,1-3H3,(H2,18,19,20);1H. The summed E-state index contributed by atoms with van der Waals surface area (Å²) in [6.45, 7) is 9.20. The molecule has 1 aromatic rings. The van der Waals surface area contributed by atoms with E-state index >= 15 is 0 Å². The second kappa shape index (κ2) is 10.9. The predicted octanol–water partition coefficient (Wildman–Crippen LogP) is 2.72. The number of carbonyl (C=O) groups excluding carboxylic acids is 1. The summed E-state index contributed by atoms with van der Waals surface area (Å²) in [6, 6.07) is 2.43. The maximum Gasteiger partial charge on any atom is 0.225 e. The highest BCUT2D eigenvalue weighted by molar-refractivity contribution is 14.0. The molecule has 1 saturated heterocycles. The van der Waals surface area contributed by atoms with Crippen molar-refractivity contribution in [1.82, 2.24) is 15.5 Å². The van der Waals surface area contributed by atoms with E-state index in [9.17, 15) is 4.79 Å². The van der Waals surface area contributed by atoms with E-state index < -0.39 is 0 Å². The molecular formula is C17H29IN4OS. The molecule has 5 nitrogen and oxygen atoms in total. The van der Waals surface area contributed by atoms with Crippen molar-refractivity contribution in [3.8, 4) is 0 Å². The Morgan fingerprint density at radius 3 is 2.92 bits per heavy atom. The van der Waals surface area contributed by atoms with Crippen LogP contribution in [0.1, 0.15) is 32.8 Å². The molecule has 136 valence electrons. The predicted molar refractivity (Wildman–Crippen MR) is 112 cm³/mol. The van der Waals surface area contributed by atoms with Crippen LogP contribution in [0.3, 0.4) is 0 Å². The van der Waals surface area contributed by atoms with Gasteiger partial charge in [0.15, 0.2) is 5.96 Å². The first-order valence-corrected chi connectivity index (χ1v) is 9.39. The maximum atomic E-state index is 12.1. The summed E-state index contributed by atoms with van der Waals surface area (Å²) in [6.07, 6.45) is 1.94. The Balaban J connectivity index is 0.00000288. The van der Waals surface area contributed by atoms with Gasteiger partial charge in [0.25, 0.3) is 0 Å². The molecule has 0 saturated carbocycles. The van der Waals surface area contributed by atoms with Gasteiger partial charge in [0.2, 0.25) is 5.91 Å². The normalized spacial score (nSPS) is 17.8. The molecule has 1 aliphatic rings. The Morgan fingerprint density at radius 1 is 1.50 bits per heavy atom. The van der Waals surface area contributed by atoms with E-state index in [1.807, 2.05) is 18.7 Å². The molecule has 1 amide bonds. The van der Waals surface area contributed by atoms with Crippen LogP contribution in [0.25, 0.3) is 0 Å². The maximum absolute atomic E-state index is 12.1. The van der Waals surface area contributed by atoms with Gasteiger partial charge in [0, 0.05) is 38.1 Å². The molecule has 24 heavy (non-hydrogen) atoms. The Bertz CT molecular complexity index is 519. The fraction of sp³-hybridized carbons (Fsp3) is 0.647. The third kappa shape index (κ3) is 6.58. The lowest BCUT2D eigenvalue weighted by atomic mass is 10.2. The second-order valence-electron chi connectivity index (χ2n) is 6.21. The average Bonchev–Trinajstić information content (AvgIpc) is 3.18. The number of carbonyl (C=O) groups is 1. The van der Waals surface area contributed by atoms with Gasteiger partial charge in [0.1, 0.15) is 0 Å². The van der Waals surface area contributed by atoms with Gasteiger partial charge in [-0.2, -0.15) is 11.3 Å². The lowest BCUT2D eigenvalue weighted by molar-refractivity contribution is -0.133. The zero-order valence-electron chi connectivity index (χ0n) is 14.7.